The highest BCUT2D eigenvalue weighted by Gasteiger charge is 2.31. The Kier molecular flexibility index (Phi) is 5.30. The predicted octanol–water partition coefficient (Wildman–Crippen LogP) is 2.17. The van der Waals surface area contributed by atoms with Crippen molar-refractivity contribution in [1.29, 1.82) is 0 Å². The van der Waals surface area contributed by atoms with E-state index >= 15 is 0 Å². The Labute approximate surface area is 125 Å². The third-order valence-corrected chi connectivity index (χ3v) is 4.45. The van der Waals surface area contributed by atoms with Crippen LogP contribution in [0.1, 0.15) is 23.6 Å². The Morgan fingerprint density at radius 2 is 1.90 bits per heavy atom. The van der Waals surface area contributed by atoms with Crippen molar-refractivity contribution in [1.82, 2.24) is 15.1 Å². The molecule has 0 saturated carbocycles. The minimum atomic E-state index is -0.739. The first-order chi connectivity index (χ1) is 9.95. The van der Waals surface area contributed by atoms with E-state index in [2.05, 4.69) is 29.2 Å². The molecular formula is C16H25F2N3. The summed E-state index contributed by atoms with van der Waals surface area (Å²) < 4.78 is 28.2. The van der Waals surface area contributed by atoms with Crippen LogP contribution in [0.25, 0.3) is 0 Å². The SMILES string of the molecule is CNC(c1ccc(C)c(F)c1F)C1CN(C)CCCN1C. The molecule has 2 unspecified atom stereocenters. The van der Waals surface area contributed by atoms with Gasteiger partial charge in [-0.2, -0.15) is 0 Å². The molecule has 3 nitrogen and oxygen atoms in total. The summed E-state index contributed by atoms with van der Waals surface area (Å²) in [5.74, 6) is -1.47. The Morgan fingerprint density at radius 1 is 1.19 bits per heavy atom. The lowest BCUT2D eigenvalue weighted by Crippen LogP contribution is -2.46. The van der Waals surface area contributed by atoms with Crippen LogP contribution >= 0.6 is 0 Å². The molecule has 2 atom stereocenters. The number of halogens is 2. The van der Waals surface area contributed by atoms with Gasteiger partial charge in [-0.3, -0.25) is 0 Å². The number of aryl methyl sites for hydroxylation is 1. The van der Waals surface area contributed by atoms with Crippen molar-refractivity contribution in [3.05, 3.63) is 34.9 Å². The summed E-state index contributed by atoms with van der Waals surface area (Å²) in [6.45, 7) is 4.41. The summed E-state index contributed by atoms with van der Waals surface area (Å²) >= 11 is 0. The number of rotatable bonds is 3. The fraction of sp³-hybridized carbons (Fsp3) is 0.625. The molecule has 0 radical (unpaired) electrons. The van der Waals surface area contributed by atoms with Gasteiger partial charge in [-0.15, -0.1) is 0 Å². The molecule has 118 valence electrons. The molecular weight excluding hydrogens is 272 g/mol. The molecule has 0 aliphatic carbocycles. The Balaban J connectivity index is 2.36. The average Bonchev–Trinajstić information content (AvgIpc) is 2.61. The largest absolute Gasteiger partial charge is 0.312 e. The summed E-state index contributed by atoms with van der Waals surface area (Å²) in [5.41, 5.74) is 0.755. The molecule has 1 aromatic carbocycles. The van der Waals surface area contributed by atoms with Gasteiger partial charge >= 0.3 is 0 Å². The highest BCUT2D eigenvalue weighted by molar-refractivity contribution is 5.29. The Bertz CT molecular complexity index is 493. The molecule has 1 fully saturated rings. The number of hydrogen-bond acceptors (Lipinski definition) is 3. The van der Waals surface area contributed by atoms with Crippen LogP contribution < -0.4 is 5.32 Å². The van der Waals surface area contributed by atoms with Crippen molar-refractivity contribution in [2.75, 3.05) is 40.8 Å². The van der Waals surface area contributed by atoms with Crippen LogP contribution in [0.2, 0.25) is 0 Å². The second-order valence-corrected chi connectivity index (χ2v) is 6.03. The molecule has 0 bridgehead atoms. The van der Waals surface area contributed by atoms with Crippen LogP contribution in [0.5, 0.6) is 0 Å². The van der Waals surface area contributed by atoms with Crippen LogP contribution in [0.4, 0.5) is 8.78 Å². The van der Waals surface area contributed by atoms with Gasteiger partial charge < -0.3 is 15.1 Å². The van der Waals surface area contributed by atoms with E-state index in [1.165, 1.54) is 0 Å². The molecule has 1 aliphatic rings. The van der Waals surface area contributed by atoms with Crippen molar-refractivity contribution in [3.8, 4) is 0 Å². The summed E-state index contributed by atoms with van der Waals surface area (Å²) in [4.78, 5) is 4.49. The zero-order chi connectivity index (χ0) is 15.6. The lowest BCUT2D eigenvalue weighted by molar-refractivity contribution is 0.180. The predicted molar refractivity (Wildman–Crippen MR) is 81.4 cm³/mol. The fourth-order valence-electron chi connectivity index (χ4n) is 3.12. The Hall–Kier alpha value is -1.04. The lowest BCUT2D eigenvalue weighted by Gasteiger charge is -2.35. The maximum atomic E-state index is 14.3. The van der Waals surface area contributed by atoms with Gasteiger partial charge in [0.2, 0.25) is 0 Å². The van der Waals surface area contributed by atoms with Gasteiger partial charge in [0.25, 0.3) is 0 Å². The summed E-state index contributed by atoms with van der Waals surface area (Å²) in [5, 5.41) is 3.18. The van der Waals surface area contributed by atoms with E-state index in [1.54, 1.807) is 26.1 Å². The maximum Gasteiger partial charge on any atom is 0.163 e. The van der Waals surface area contributed by atoms with Crippen molar-refractivity contribution in [2.45, 2.75) is 25.4 Å². The van der Waals surface area contributed by atoms with Crippen molar-refractivity contribution in [2.24, 2.45) is 0 Å². The molecule has 1 N–H and O–H groups in total. The summed E-state index contributed by atoms with van der Waals surface area (Å²) in [6.07, 6.45) is 1.09. The quantitative estimate of drug-likeness (QED) is 0.922. The molecule has 21 heavy (non-hydrogen) atoms. The van der Waals surface area contributed by atoms with E-state index in [0.717, 1.165) is 26.1 Å². The van der Waals surface area contributed by atoms with Crippen LogP contribution in [0.15, 0.2) is 12.1 Å². The molecule has 5 heteroatoms. The smallest absolute Gasteiger partial charge is 0.163 e. The first kappa shape index (κ1) is 16.3. The fourth-order valence-corrected chi connectivity index (χ4v) is 3.12. The van der Waals surface area contributed by atoms with E-state index in [9.17, 15) is 8.78 Å². The van der Waals surface area contributed by atoms with Gasteiger partial charge in [0, 0.05) is 18.2 Å². The number of nitrogens with one attached hydrogen (secondary N) is 1. The van der Waals surface area contributed by atoms with Crippen molar-refractivity contribution >= 4 is 0 Å². The summed E-state index contributed by atoms with van der Waals surface area (Å²) in [6, 6.07) is 3.23. The monoisotopic (exact) mass is 297 g/mol. The maximum absolute atomic E-state index is 14.3. The Morgan fingerprint density at radius 3 is 2.57 bits per heavy atom. The van der Waals surface area contributed by atoms with Crippen molar-refractivity contribution < 1.29 is 8.78 Å². The number of nitrogens with zero attached hydrogens (tertiary/aromatic N) is 2. The van der Waals surface area contributed by atoms with Crippen LogP contribution in [0.3, 0.4) is 0 Å². The molecule has 1 aromatic rings. The van der Waals surface area contributed by atoms with E-state index in [1.807, 2.05) is 0 Å². The molecule has 1 heterocycles. The van der Waals surface area contributed by atoms with Crippen molar-refractivity contribution in [3.63, 3.8) is 0 Å². The normalized spacial score (nSPS) is 23.0. The first-order valence-corrected chi connectivity index (χ1v) is 7.46. The van der Waals surface area contributed by atoms with E-state index in [-0.39, 0.29) is 12.1 Å². The standard InChI is InChI=1S/C16H25F2N3/c1-11-6-7-12(15(18)14(11)17)16(19-2)13-10-20(3)8-5-9-21(13)4/h6-7,13,16,19H,5,8-10H2,1-4H3. The van der Waals surface area contributed by atoms with Gasteiger partial charge in [0.05, 0.1) is 6.04 Å². The van der Waals surface area contributed by atoms with Crippen LogP contribution in [-0.2, 0) is 0 Å². The van der Waals surface area contributed by atoms with Gasteiger partial charge in [-0.1, -0.05) is 12.1 Å². The minimum absolute atomic E-state index is 0.110. The number of hydrogen-bond donors (Lipinski definition) is 1. The molecule has 1 saturated heterocycles. The van der Waals surface area contributed by atoms with Gasteiger partial charge in [-0.25, -0.2) is 8.78 Å². The highest BCUT2D eigenvalue weighted by atomic mass is 19.2. The van der Waals surface area contributed by atoms with Gasteiger partial charge in [0.15, 0.2) is 11.6 Å². The molecule has 2 rings (SSSR count). The molecule has 0 aromatic heterocycles. The van der Waals surface area contributed by atoms with E-state index < -0.39 is 11.6 Å². The minimum Gasteiger partial charge on any atom is -0.312 e. The zero-order valence-electron chi connectivity index (χ0n) is 13.3. The average molecular weight is 297 g/mol. The van der Waals surface area contributed by atoms with Crippen LogP contribution in [0, 0.1) is 18.6 Å². The third kappa shape index (κ3) is 3.42. The molecule has 1 aliphatic heterocycles. The van der Waals surface area contributed by atoms with Gasteiger partial charge in [0.1, 0.15) is 0 Å². The second-order valence-electron chi connectivity index (χ2n) is 6.03. The molecule has 0 amide bonds. The number of likely N-dealkylation sites (N-methyl/N-ethyl adjacent to an activating group) is 3. The van der Waals surface area contributed by atoms with Crippen LogP contribution in [-0.4, -0.2) is 56.6 Å². The number of benzene rings is 1. The summed E-state index contributed by atoms with van der Waals surface area (Å²) in [7, 11) is 5.93. The first-order valence-electron chi connectivity index (χ1n) is 7.46. The topological polar surface area (TPSA) is 18.5 Å². The lowest BCUT2D eigenvalue weighted by atomic mass is 9.96. The zero-order valence-corrected chi connectivity index (χ0v) is 13.3. The van der Waals surface area contributed by atoms with E-state index in [0.29, 0.717) is 11.1 Å². The van der Waals surface area contributed by atoms with Gasteiger partial charge in [-0.05, 0) is 53.1 Å². The second kappa shape index (κ2) is 6.81. The van der Waals surface area contributed by atoms with E-state index in [4.69, 9.17) is 0 Å². The highest BCUT2D eigenvalue weighted by Crippen LogP contribution is 2.27. The third-order valence-electron chi connectivity index (χ3n) is 4.45. The molecule has 0 spiro atoms.